The lowest BCUT2D eigenvalue weighted by Gasteiger charge is -1.76. The van der Waals surface area contributed by atoms with Crippen molar-refractivity contribution < 1.29 is 9.90 Å². The minimum absolute atomic E-state index is 0. The fourth-order valence-electron chi connectivity index (χ4n) is 0.326. The lowest BCUT2D eigenvalue weighted by Crippen LogP contribution is -1.89. The SMILES string of the molecule is Cl.O=C(O)c1ccns1. The summed E-state index contributed by atoms with van der Waals surface area (Å²) in [7, 11) is 0. The van der Waals surface area contributed by atoms with E-state index in [1.165, 1.54) is 12.3 Å². The molecular formula is C4H4ClNO2S. The maximum atomic E-state index is 10.0. The van der Waals surface area contributed by atoms with Crippen molar-refractivity contribution >= 4 is 29.9 Å². The van der Waals surface area contributed by atoms with E-state index in [0.717, 1.165) is 11.5 Å². The van der Waals surface area contributed by atoms with Crippen molar-refractivity contribution in [3.8, 4) is 0 Å². The van der Waals surface area contributed by atoms with Crippen LogP contribution >= 0.6 is 23.9 Å². The third-order valence-corrected chi connectivity index (χ3v) is 1.38. The molecule has 0 aliphatic carbocycles. The summed E-state index contributed by atoms with van der Waals surface area (Å²) in [4.78, 5) is 10.3. The van der Waals surface area contributed by atoms with Crippen molar-refractivity contribution in [1.82, 2.24) is 4.37 Å². The second-order valence-corrected chi connectivity index (χ2v) is 2.02. The Kier molecular flexibility index (Phi) is 3.19. The summed E-state index contributed by atoms with van der Waals surface area (Å²) in [6.45, 7) is 0. The molecule has 0 aromatic carbocycles. The highest BCUT2D eigenvalue weighted by molar-refractivity contribution is 7.07. The molecule has 0 aliphatic rings. The van der Waals surface area contributed by atoms with E-state index in [9.17, 15) is 4.79 Å². The molecule has 0 bridgehead atoms. The highest BCUT2D eigenvalue weighted by Crippen LogP contribution is 2.02. The molecule has 1 heterocycles. The summed E-state index contributed by atoms with van der Waals surface area (Å²) < 4.78 is 3.60. The molecule has 9 heavy (non-hydrogen) atoms. The number of hydrogen-bond acceptors (Lipinski definition) is 3. The van der Waals surface area contributed by atoms with Gasteiger partial charge in [0.15, 0.2) is 0 Å². The van der Waals surface area contributed by atoms with Gasteiger partial charge in [-0.25, -0.2) is 9.17 Å². The van der Waals surface area contributed by atoms with Gasteiger partial charge in [-0.3, -0.25) is 0 Å². The Hall–Kier alpha value is -0.610. The largest absolute Gasteiger partial charge is 0.477 e. The van der Waals surface area contributed by atoms with E-state index in [0.29, 0.717) is 0 Å². The number of aromatic carboxylic acids is 1. The highest BCUT2D eigenvalue weighted by Gasteiger charge is 2.00. The van der Waals surface area contributed by atoms with Crippen LogP contribution in [0, 0.1) is 0 Å². The monoisotopic (exact) mass is 165 g/mol. The molecule has 0 amide bonds. The smallest absolute Gasteiger partial charge is 0.347 e. The van der Waals surface area contributed by atoms with Crippen molar-refractivity contribution in [2.45, 2.75) is 0 Å². The molecule has 0 fully saturated rings. The van der Waals surface area contributed by atoms with Gasteiger partial charge in [-0.15, -0.1) is 12.4 Å². The van der Waals surface area contributed by atoms with Gasteiger partial charge in [0, 0.05) is 6.20 Å². The Bertz CT molecular complexity index is 186. The zero-order chi connectivity index (χ0) is 5.98. The summed E-state index contributed by atoms with van der Waals surface area (Å²) in [6.07, 6.45) is 1.47. The van der Waals surface area contributed by atoms with E-state index in [-0.39, 0.29) is 17.3 Å². The second-order valence-electron chi connectivity index (χ2n) is 1.18. The Balaban J connectivity index is 0.000000640. The molecule has 0 aliphatic heterocycles. The number of hydrogen-bond donors (Lipinski definition) is 1. The third-order valence-electron chi connectivity index (χ3n) is 0.649. The van der Waals surface area contributed by atoms with E-state index in [2.05, 4.69) is 4.37 Å². The lowest BCUT2D eigenvalue weighted by molar-refractivity contribution is 0.0702. The highest BCUT2D eigenvalue weighted by atomic mass is 35.5. The van der Waals surface area contributed by atoms with Gasteiger partial charge in [0.25, 0.3) is 0 Å². The van der Waals surface area contributed by atoms with Gasteiger partial charge < -0.3 is 5.11 Å². The van der Waals surface area contributed by atoms with Gasteiger partial charge in [-0.2, -0.15) is 0 Å². The fraction of sp³-hybridized carbons (Fsp3) is 0. The molecular weight excluding hydrogens is 162 g/mol. The minimum atomic E-state index is -0.910. The number of halogens is 1. The minimum Gasteiger partial charge on any atom is -0.477 e. The van der Waals surface area contributed by atoms with Crippen LogP contribution in [0.1, 0.15) is 9.67 Å². The number of rotatable bonds is 1. The van der Waals surface area contributed by atoms with Crippen LogP contribution < -0.4 is 0 Å². The van der Waals surface area contributed by atoms with Crippen molar-refractivity contribution in [2.75, 3.05) is 0 Å². The predicted octanol–water partition coefficient (Wildman–Crippen LogP) is 1.26. The number of aromatic nitrogens is 1. The Morgan fingerprint density at radius 2 is 2.44 bits per heavy atom. The van der Waals surface area contributed by atoms with E-state index < -0.39 is 5.97 Å². The first kappa shape index (κ1) is 8.39. The van der Waals surface area contributed by atoms with Gasteiger partial charge in [-0.1, -0.05) is 0 Å². The van der Waals surface area contributed by atoms with Gasteiger partial charge >= 0.3 is 5.97 Å². The molecule has 0 radical (unpaired) electrons. The summed E-state index contributed by atoms with van der Waals surface area (Å²) >= 11 is 0.981. The van der Waals surface area contributed by atoms with Crippen LogP contribution in [0.4, 0.5) is 0 Å². The molecule has 1 aromatic rings. The van der Waals surface area contributed by atoms with Crippen LogP contribution in [-0.2, 0) is 0 Å². The lowest BCUT2D eigenvalue weighted by atomic mass is 10.5. The number of nitrogens with zero attached hydrogens (tertiary/aromatic N) is 1. The molecule has 3 nitrogen and oxygen atoms in total. The van der Waals surface area contributed by atoms with Crippen LogP contribution in [0.2, 0.25) is 0 Å². The molecule has 0 saturated carbocycles. The topological polar surface area (TPSA) is 50.2 Å². The van der Waals surface area contributed by atoms with E-state index in [1.807, 2.05) is 0 Å². The van der Waals surface area contributed by atoms with E-state index >= 15 is 0 Å². The Labute approximate surface area is 61.9 Å². The number of carboxylic acid groups (broad SMARTS) is 1. The molecule has 0 saturated heterocycles. The van der Waals surface area contributed by atoms with Gasteiger partial charge in [0.2, 0.25) is 0 Å². The summed E-state index contributed by atoms with van der Waals surface area (Å²) in [6, 6.07) is 1.47. The molecule has 1 aromatic heterocycles. The summed E-state index contributed by atoms with van der Waals surface area (Å²) in [5, 5.41) is 8.24. The van der Waals surface area contributed by atoms with E-state index in [1.54, 1.807) is 0 Å². The van der Waals surface area contributed by atoms with Crippen LogP contribution in [0.5, 0.6) is 0 Å². The van der Waals surface area contributed by atoms with Crippen LogP contribution in [0.3, 0.4) is 0 Å². The van der Waals surface area contributed by atoms with Gasteiger partial charge in [-0.05, 0) is 17.6 Å². The molecule has 5 heteroatoms. The second kappa shape index (κ2) is 3.42. The average molecular weight is 166 g/mol. The zero-order valence-corrected chi connectivity index (χ0v) is 5.91. The number of carboxylic acids is 1. The molecule has 1 N–H and O–H groups in total. The normalized spacial score (nSPS) is 8.00. The van der Waals surface area contributed by atoms with Crippen molar-refractivity contribution in [2.24, 2.45) is 0 Å². The quantitative estimate of drug-likeness (QED) is 0.682. The maximum Gasteiger partial charge on any atom is 0.347 e. The number of carbonyl (C=O) groups is 1. The Morgan fingerprint density at radius 1 is 1.78 bits per heavy atom. The molecule has 1 rings (SSSR count). The summed E-state index contributed by atoms with van der Waals surface area (Å²) in [5.41, 5.74) is 0. The van der Waals surface area contributed by atoms with Crippen LogP contribution in [0.25, 0.3) is 0 Å². The van der Waals surface area contributed by atoms with Crippen molar-refractivity contribution in [1.29, 1.82) is 0 Å². The van der Waals surface area contributed by atoms with Crippen LogP contribution in [0.15, 0.2) is 12.3 Å². The first-order valence-electron chi connectivity index (χ1n) is 1.94. The standard InChI is InChI=1S/C4H3NO2S.ClH/c6-4(7)3-1-2-5-8-3;/h1-2H,(H,6,7);1H. The van der Waals surface area contributed by atoms with Crippen LogP contribution in [-0.4, -0.2) is 15.4 Å². The molecule has 0 unspecified atom stereocenters. The van der Waals surface area contributed by atoms with Gasteiger partial charge in [0.1, 0.15) is 4.88 Å². The zero-order valence-electron chi connectivity index (χ0n) is 4.27. The first-order chi connectivity index (χ1) is 3.80. The maximum absolute atomic E-state index is 10.0. The predicted molar refractivity (Wildman–Crippen MR) is 36.3 cm³/mol. The molecule has 0 atom stereocenters. The third kappa shape index (κ3) is 1.99. The molecule has 50 valence electrons. The summed E-state index contributed by atoms with van der Waals surface area (Å²) in [5.74, 6) is -0.910. The van der Waals surface area contributed by atoms with E-state index in [4.69, 9.17) is 5.11 Å². The van der Waals surface area contributed by atoms with Crippen molar-refractivity contribution in [3.63, 3.8) is 0 Å². The van der Waals surface area contributed by atoms with Gasteiger partial charge in [0.05, 0.1) is 0 Å². The first-order valence-corrected chi connectivity index (χ1v) is 2.72. The average Bonchev–Trinajstić information content (AvgIpc) is 2.12. The van der Waals surface area contributed by atoms with Crippen molar-refractivity contribution in [3.05, 3.63) is 17.1 Å². The molecule has 0 spiro atoms. The fourth-order valence-corrected chi connectivity index (χ4v) is 0.761. The Morgan fingerprint density at radius 3 is 2.67 bits per heavy atom.